The van der Waals surface area contributed by atoms with Gasteiger partial charge in [-0.2, -0.15) is 17.5 Å². The third-order valence-corrected chi connectivity index (χ3v) is 6.78. The van der Waals surface area contributed by atoms with Crippen molar-refractivity contribution in [2.24, 2.45) is 5.92 Å². The molecule has 1 atom stereocenters. The Morgan fingerprint density at radius 1 is 1.20 bits per heavy atom. The predicted molar refractivity (Wildman–Crippen MR) is 130 cm³/mol. The molecule has 0 saturated carbocycles. The van der Waals surface area contributed by atoms with Gasteiger partial charge in [0.05, 0.1) is 61.1 Å². The van der Waals surface area contributed by atoms with E-state index in [9.17, 15) is 35.5 Å². The lowest BCUT2D eigenvalue weighted by Crippen LogP contribution is -2.51. The fraction of sp³-hybridized carbons (Fsp3) is 0.435. The van der Waals surface area contributed by atoms with Crippen LogP contribution in [-0.2, 0) is 6.18 Å². The zero-order chi connectivity index (χ0) is 29.1. The second kappa shape index (κ2) is 11.9. The Hall–Kier alpha value is -3.60. The largest absolute Gasteiger partial charge is 0.477 e. The third-order valence-electron chi connectivity index (χ3n) is 5.92. The van der Waals surface area contributed by atoms with E-state index in [-0.39, 0.29) is 47.5 Å². The summed E-state index contributed by atoms with van der Waals surface area (Å²) >= 11 is 0.896. The van der Waals surface area contributed by atoms with Crippen molar-refractivity contribution in [1.29, 1.82) is 0 Å². The topological polar surface area (TPSA) is 105 Å². The van der Waals surface area contributed by atoms with Gasteiger partial charge in [0.15, 0.2) is 5.69 Å². The van der Waals surface area contributed by atoms with E-state index < -0.39 is 49.1 Å². The van der Waals surface area contributed by atoms with Crippen LogP contribution < -0.4 is 15.4 Å². The molecule has 1 aliphatic rings. The normalized spacial score (nSPS) is 17.6. The molecule has 0 spiro atoms. The SMILES string of the molecule is Cc1nsc(Nc2cnc(C(F)(F)F)cn2)c1C(=O)Nc1ccc(OCC2CCN(CC(F)F)CC2(F)F)nc1. The van der Waals surface area contributed by atoms with Crippen LogP contribution in [0.2, 0.25) is 0 Å². The highest BCUT2D eigenvalue weighted by Crippen LogP contribution is 2.34. The molecule has 0 aliphatic carbocycles. The van der Waals surface area contributed by atoms with E-state index in [4.69, 9.17) is 4.74 Å². The first-order valence-corrected chi connectivity index (χ1v) is 12.5. The number of nitrogens with zero attached hydrogens (tertiary/aromatic N) is 5. The van der Waals surface area contributed by atoms with E-state index in [1.54, 1.807) is 6.92 Å². The molecule has 1 aliphatic heterocycles. The highest BCUT2D eigenvalue weighted by molar-refractivity contribution is 7.10. The summed E-state index contributed by atoms with van der Waals surface area (Å²) < 4.78 is 101. The quantitative estimate of drug-likeness (QED) is 0.324. The molecule has 2 N–H and O–H groups in total. The summed E-state index contributed by atoms with van der Waals surface area (Å²) in [4.78, 5) is 24.9. The Labute approximate surface area is 227 Å². The maximum Gasteiger partial charge on any atom is 0.434 e. The van der Waals surface area contributed by atoms with Crippen LogP contribution in [0.1, 0.15) is 28.2 Å². The van der Waals surface area contributed by atoms with E-state index in [0.29, 0.717) is 11.9 Å². The first-order valence-electron chi connectivity index (χ1n) is 11.7. The molecule has 17 heteroatoms. The third kappa shape index (κ3) is 7.32. The van der Waals surface area contributed by atoms with E-state index in [2.05, 4.69) is 30.0 Å². The average molecular weight is 594 g/mol. The van der Waals surface area contributed by atoms with Crippen molar-refractivity contribution >= 4 is 33.9 Å². The van der Waals surface area contributed by atoms with Gasteiger partial charge in [0, 0.05) is 6.07 Å². The number of piperidine rings is 1. The lowest BCUT2D eigenvalue weighted by molar-refractivity contribution is -0.141. The van der Waals surface area contributed by atoms with Crippen LogP contribution >= 0.6 is 11.5 Å². The Bertz CT molecular complexity index is 1300. The van der Waals surface area contributed by atoms with Crippen LogP contribution in [0.3, 0.4) is 0 Å². The Balaban J connectivity index is 1.34. The molecule has 216 valence electrons. The first-order chi connectivity index (χ1) is 18.8. The number of pyridine rings is 1. The Kier molecular flexibility index (Phi) is 8.72. The number of hydrogen-bond acceptors (Lipinski definition) is 9. The zero-order valence-electron chi connectivity index (χ0n) is 20.7. The number of likely N-dealkylation sites (tertiary alicyclic amines) is 1. The van der Waals surface area contributed by atoms with Crippen LogP contribution in [0.5, 0.6) is 5.88 Å². The van der Waals surface area contributed by atoms with E-state index in [0.717, 1.165) is 22.6 Å². The smallest absolute Gasteiger partial charge is 0.434 e. The second-order valence-corrected chi connectivity index (χ2v) is 9.68. The Morgan fingerprint density at radius 2 is 1.98 bits per heavy atom. The number of nitrogens with one attached hydrogen (secondary N) is 2. The molecule has 40 heavy (non-hydrogen) atoms. The van der Waals surface area contributed by atoms with Gasteiger partial charge < -0.3 is 15.4 Å². The van der Waals surface area contributed by atoms with Crippen molar-refractivity contribution in [1.82, 2.24) is 24.2 Å². The predicted octanol–water partition coefficient (Wildman–Crippen LogP) is 5.25. The van der Waals surface area contributed by atoms with Crippen molar-refractivity contribution in [3.63, 3.8) is 0 Å². The van der Waals surface area contributed by atoms with E-state index in [1.807, 2.05) is 0 Å². The van der Waals surface area contributed by atoms with Crippen molar-refractivity contribution in [3.05, 3.63) is 47.7 Å². The zero-order valence-corrected chi connectivity index (χ0v) is 21.5. The molecule has 4 rings (SSSR count). The van der Waals surface area contributed by atoms with E-state index in [1.165, 1.54) is 18.3 Å². The van der Waals surface area contributed by atoms with Gasteiger partial charge in [0.25, 0.3) is 18.3 Å². The van der Waals surface area contributed by atoms with Crippen LogP contribution in [0.15, 0.2) is 30.7 Å². The summed E-state index contributed by atoms with van der Waals surface area (Å²) in [5.74, 6) is -4.97. The monoisotopic (exact) mass is 593 g/mol. The molecule has 3 aromatic rings. The number of alkyl halides is 7. The molecule has 0 bridgehead atoms. The van der Waals surface area contributed by atoms with Gasteiger partial charge >= 0.3 is 6.18 Å². The minimum absolute atomic E-state index is 0.0175. The summed E-state index contributed by atoms with van der Waals surface area (Å²) in [5, 5.41) is 5.56. The van der Waals surface area contributed by atoms with Crippen molar-refractivity contribution < 1.29 is 40.3 Å². The number of carbonyl (C=O) groups excluding carboxylic acids is 1. The summed E-state index contributed by atoms with van der Waals surface area (Å²) in [5.41, 5.74) is -0.458. The Morgan fingerprint density at radius 3 is 2.58 bits per heavy atom. The molecular weight excluding hydrogens is 571 g/mol. The van der Waals surface area contributed by atoms with Gasteiger partial charge in [-0.3, -0.25) is 9.69 Å². The first kappa shape index (κ1) is 29.4. The van der Waals surface area contributed by atoms with Crippen LogP contribution in [0.4, 0.5) is 47.2 Å². The summed E-state index contributed by atoms with van der Waals surface area (Å²) in [6.07, 6.45) is -4.67. The van der Waals surface area contributed by atoms with Crippen molar-refractivity contribution in [3.8, 4) is 5.88 Å². The maximum atomic E-state index is 14.4. The number of carbonyl (C=O) groups is 1. The molecule has 0 aromatic carbocycles. The lowest BCUT2D eigenvalue weighted by Gasteiger charge is -2.37. The summed E-state index contributed by atoms with van der Waals surface area (Å²) in [7, 11) is 0. The van der Waals surface area contributed by atoms with Crippen molar-refractivity contribution in [2.45, 2.75) is 31.9 Å². The standard InChI is InChI=1S/C23H22F7N7O2S/c1-12-19(21(40-36-12)35-17-8-31-15(7-32-17)23(28,29)30)20(38)34-14-2-3-18(33-6-14)39-10-13-4-5-37(9-16(24)25)11-22(13,26)27/h2-3,6-8,13,16H,4-5,9-11H2,1H3,(H,32,35)(H,34,38). The number of hydrogen-bond donors (Lipinski definition) is 2. The molecule has 1 fully saturated rings. The molecule has 0 radical (unpaired) electrons. The van der Waals surface area contributed by atoms with Gasteiger partial charge in [-0.1, -0.05) is 0 Å². The number of aromatic nitrogens is 4. The number of ether oxygens (including phenoxy) is 1. The molecule has 9 nitrogen and oxygen atoms in total. The van der Waals surface area contributed by atoms with Crippen LogP contribution in [-0.4, -0.2) is 68.7 Å². The molecule has 1 amide bonds. The van der Waals surface area contributed by atoms with E-state index >= 15 is 0 Å². The van der Waals surface area contributed by atoms with Gasteiger partial charge in [-0.15, -0.1) is 0 Å². The van der Waals surface area contributed by atoms with Crippen LogP contribution in [0, 0.1) is 12.8 Å². The molecule has 1 unspecified atom stereocenters. The van der Waals surface area contributed by atoms with Crippen molar-refractivity contribution in [2.75, 3.05) is 36.9 Å². The average Bonchev–Trinajstić information content (AvgIpc) is 3.23. The minimum atomic E-state index is -4.65. The highest BCUT2D eigenvalue weighted by Gasteiger charge is 2.45. The second-order valence-electron chi connectivity index (χ2n) is 8.90. The summed E-state index contributed by atoms with van der Waals surface area (Å²) in [6, 6.07) is 2.81. The number of anilines is 3. The van der Waals surface area contributed by atoms with Crippen LogP contribution in [0.25, 0.3) is 0 Å². The van der Waals surface area contributed by atoms with Gasteiger partial charge in [0.2, 0.25) is 5.88 Å². The molecule has 1 saturated heterocycles. The summed E-state index contributed by atoms with van der Waals surface area (Å²) in [6.45, 7) is -0.179. The number of rotatable bonds is 9. The minimum Gasteiger partial charge on any atom is -0.477 e. The lowest BCUT2D eigenvalue weighted by atomic mass is 9.93. The van der Waals surface area contributed by atoms with Gasteiger partial charge in [-0.25, -0.2) is 32.5 Å². The molecule has 3 aromatic heterocycles. The fourth-order valence-electron chi connectivity index (χ4n) is 3.91. The maximum absolute atomic E-state index is 14.4. The molecular formula is C23H22F7N7O2S. The van der Waals surface area contributed by atoms with Gasteiger partial charge in [-0.05, 0) is 37.5 Å². The van der Waals surface area contributed by atoms with Gasteiger partial charge in [0.1, 0.15) is 10.8 Å². The highest BCUT2D eigenvalue weighted by atomic mass is 32.1. The number of aryl methyl sites for hydroxylation is 1. The molecule has 4 heterocycles. The number of amides is 1. The fourth-order valence-corrected chi connectivity index (χ4v) is 4.71. The number of halogens is 7.